The second-order valence-corrected chi connectivity index (χ2v) is 8.81. The highest BCUT2D eigenvalue weighted by molar-refractivity contribution is 5.82. The first-order valence-corrected chi connectivity index (χ1v) is 11.7. The van der Waals surface area contributed by atoms with Crippen LogP contribution < -0.4 is 15.6 Å². The van der Waals surface area contributed by atoms with Crippen LogP contribution in [-0.4, -0.2) is 63.4 Å². The number of hydrogen-bond donors (Lipinski definition) is 1. The number of hydrogen-bond acceptors (Lipinski definition) is 6. The van der Waals surface area contributed by atoms with Crippen LogP contribution in [-0.2, 0) is 11.2 Å². The standard InChI is InChI=1S/C26H38N4O2/c1-20-8-11-25-24(18-22(19-28-25)30-14-7-13-29(3)15-16-30)26(31)23(20)10-9-21(2)27-12-5-6-17-32-4/h8-9,11,18-19,27H,5-7,10,12-17H2,1-4H3/b21-9+. The largest absolute Gasteiger partial charge is 0.389 e. The van der Waals surface area contributed by atoms with Crippen molar-refractivity contribution in [2.45, 2.75) is 39.5 Å². The van der Waals surface area contributed by atoms with Crippen LogP contribution in [0.5, 0.6) is 0 Å². The number of nitrogens with one attached hydrogen (secondary N) is 1. The van der Waals surface area contributed by atoms with E-state index in [1.165, 1.54) is 0 Å². The smallest absolute Gasteiger partial charge is 0.191 e. The van der Waals surface area contributed by atoms with Crippen LogP contribution in [0.25, 0.3) is 10.9 Å². The van der Waals surface area contributed by atoms with Crippen molar-refractivity contribution in [3.8, 4) is 0 Å². The number of ether oxygens (including phenoxy) is 1. The van der Waals surface area contributed by atoms with Gasteiger partial charge in [0.2, 0.25) is 0 Å². The molecule has 3 rings (SSSR count). The number of unbranched alkanes of at least 4 members (excludes halogenated alkanes) is 1. The first kappa shape index (κ1) is 24.2. The van der Waals surface area contributed by atoms with E-state index in [1.54, 1.807) is 7.11 Å². The fourth-order valence-corrected chi connectivity index (χ4v) is 4.14. The molecule has 0 bridgehead atoms. The molecule has 32 heavy (non-hydrogen) atoms. The zero-order valence-corrected chi connectivity index (χ0v) is 20.1. The van der Waals surface area contributed by atoms with Gasteiger partial charge in [0.1, 0.15) is 0 Å². The molecule has 1 N–H and O–H groups in total. The normalized spacial score (nSPS) is 15.8. The fraction of sp³-hybridized carbons (Fsp3) is 0.538. The maximum Gasteiger partial charge on any atom is 0.191 e. The lowest BCUT2D eigenvalue weighted by Crippen LogP contribution is -2.28. The van der Waals surface area contributed by atoms with E-state index in [-0.39, 0.29) is 5.43 Å². The third kappa shape index (κ3) is 6.53. The van der Waals surface area contributed by atoms with Crippen molar-refractivity contribution in [1.29, 1.82) is 0 Å². The maximum atomic E-state index is 13.5. The van der Waals surface area contributed by atoms with Crippen molar-refractivity contribution in [3.63, 3.8) is 0 Å². The molecule has 6 heteroatoms. The number of fused-ring (bicyclic) bond motifs is 1. The summed E-state index contributed by atoms with van der Waals surface area (Å²) in [6, 6.07) is 6.04. The Bertz CT molecular complexity index is 989. The SMILES string of the molecule is COCCCCN/C(C)=C/Cc1c(C)ccc2ncc(N3CCCN(C)CC3)cc2c1=O. The Balaban J connectivity index is 1.82. The molecule has 0 unspecified atom stereocenters. The monoisotopic (exact) mass is 438 g/mol. The molecule has 0 amide bonds. The van der Waals surface area contributed by atoms with Crippen LogP contribution in [0.3, 0.4) is 0 Å². The topological polar surface area (TPSA) is 57.7 Å². The molecule has 2 aromatic rings. The van der Waals surface area contributed by atoms with Gasteiger partial charge in [-0.2, -0.15) is 0 Å². The van der Waals surface area contributed by atoms with E-state index in [4.69, 9.17) is 4.74 Å². The first-order valence-electron chi connectivity index (χ1n) is 11.7. The van der Waals surface area contributed by atoms with E-state index in [9.17, 15) is 4.79 Å². The Hall–Kier alpha value is -2.44. The maximum absolute atomic E-state index is 13.5. The van der Waals surface area contributed by atoms with Gasteiger partial charge in [-0.1, -0.05) is 12.1 Å². The summed E-state index contributed by atoms with van der Waals surface area (Å²) in [7, 11) is 3.90. The summed E-state index contributed by atoms with van der Waals surface area (Å²) in [6.45, 7) is 9.87. The summed E-state index contributed by atoms with van der Waals surface area (Å²) in [4.78, 5) is 22.9. The van der Waals surface area contributed by atoms with E-state index in [0.29, 0.717) is 11.8 Å². The number of likely N-dealkylation sites (N-methyl/N-ethyl adjacent to an activating group) is 1. The minimum Gasteiger partial charge on any atom is -0.389 e. The van der Waals surface area contributed by atoms with Gasteiger partial charge in [0.25, 0.3) is 0 Å². The predicted octanol–water partition coefficient (Wildman–Crippen LogP) is 3.51. The van der Waals surface area contributed by atoms with Crippen molar-refractivity contribution in [3.05, 3.63) is 57.5 Å². The molecule has 174 valence electrons. The van der Waals surface area contributed by atoms with E-state index in [1.807, 2.05) is 31.3 Å². The summed E-state index contributed by atoms with van der Waals surface area (Å²) in [5.41, 5.74) is 4.85. The van der Waals surface area contributed by atoms with Gasteiger partial charge in [-0.15, -0.1) is 0 Å². The number of methoxy groups -OCH3 is 1. The van der Waals surface area contributed by atoms with Gasteiger partial charge in [-0.3, -0.25) is 9.78 Å². The molecule has 6 nitrogen and oxygen atoms in total. The molecule has 0 spiro atoms. The molecule has 2 heterocycles. The summed E-state index contributed by atoms with van der Waals surface area (Å²) in [5, 5.41) is 4.15. The van der Waals surface area contributed by atoms with Crippen molar-refractivity contribution >= 4 is 16.6 Å². The van der Waals surface area contributed by atoms with E-state index < -0.39 is 0 Å². The van der Waals surface area contributed by atoms with Crippen LogP contribution in [0.4, 0.5) is 5.69 Å². The minimum absolute atomic E-state index is 0.0907. The average Bonchev–Trinajstić information content (AvgIpc) is 3.07. The van der Waals surface area contributed by atoms with Gasteiger partial charge >= 0.3 is 0 Å². The van der Waals surface area contributed by atoms with Crippen LogP contribution in [0, 0.1) is 6.92 Å². The first-order chi connectivity index (χ1) is 15.5. The highest BCUT2D eigenvalue weighted by Crippen LogP contribution is 2.20. The average molecular weight is 439 g/mol. The van der Waals surface area contributed by atoms with E-state index in [2.05, 4.69) is 40.1 Å². The Kier molecular flexibility index (Phi) is 9.06. The second-order valence-electron chi connectivity index (χ2n) is 8.81. The zero-order valence-electron chi connectivity index (χ0n) is 20.1. The van der Waals surface area contributed by atoms with E-state index in [0.717, 1.165) is 86.6 Å². The Morgan fingerprint density at radius 3 is 2.88 bits per heavy atom. The van der Waals surface area contributed by atoms with Gasteiger partial charge < -0.3 is 19.9 Å². The van der Waals surface area contributed by atoms with Crippen LogP contribution in [0.2, 0.25) is 0 Å². The summed E-state index contributed by atoms with van der Waals surface area (Å²) in [5.74, 6) is 0. The van der Waals surface area contributed by atoms with Crippen molar-refractivity contribution < 1.29 is 4.74 Å². The number of pyridine rings is 1. The quantitative estimate of drug-likeness (QED) is 0.605. The summed E-state index contributed by atoms with van der Waals surface area (Å²) in [6.07, 6.45) is 7.88. The molecule has 1 aromatic heterocycles. The van der Waals surface area contributed by atoms with Crippen molar-refractivity contribution in [1.82, 2.24) is 15.2 Å². The lowest BCUT2D eigenvalue weighted by atomic mass is 10.1. The Labute approximate surface area is 192 Å². The van der Waals surface area contributed by atoms with Gasteiger partial charge in [0.15, 0.2) is 5.43 Å². The molecule has 1 aliphatic heterocycles. The number of aromatic nitrogens is 1. The van der Waals surface area contributed by atoms with Gasteiger partial charge in [0, 0.05) is 56.5 Å². The second kappa shape index (κ2) is 12.0. The molecule has 1 saturated heterocycles. The Morgan fingerprint density at radius 2 is 2.06 bits per heavy atom. The lowest BCUT2D eigenvalue weighted by molar-refractivity contribution is 0.193. The highest BCUT2D eigenvalue weighted by Gasteiger charge is 2.15. The predicted molar refractivity (Wildman–Crippen MR) is 134 cm³/mol. The van der Waals surface area contributed by atoms with Gasteiger partial charge in [-0.05, 0) is 70.8 Å². The molecule has 1 aromatic carbocycles. The number of allylic oxidation sites excluding steroid dienone is 2. The molecular weight excluding hydrogens is 400 g/mol. The highest BCUT2D eigenvalue weighted by atomic mass is 16.5. The number of nitrogens with zero attached hydrogens (tertiary/aromatic N) is 3. The molecular formula is C26H38N4O2. The van der Waals surface area contributed by atoms with Gasteiger partial charge in [0.05, 0.1) is 17.4 Å². The number of rotatable bonds is 9. The van der Waals surface area contributed by atoms with Crippen LogP contribution >= 0.6 is 0 Å². The molecule has 1 aliphatic rings. The molecule has 0 aliphatic carbocycles. The van der Waals surface area contributed by atoms with Crippen LogP contribution in [0.1, 0.15) is 37.3 Å². The summed E-state index contributed by atoms with van der Waals surface area (Å²) < 4.78 is 5.10. The minimum atomic E-state index is 0.0907. The summed E-state index contributed by atoms with van der Waals surface area (Å²) >= 11 is 0. The molecule has 0 saturated carbocycles. The lowest BCUT2D eigenvalue weighted by Gasteiger charge is -2.22. The molecule has 0 atom stereocenters. The van der Waals surface area contributed by atoms with Crippen molar-refractivity contribution in [2.75, 3.05) is 58.4 Å². The van der Waals surface area contributed by atoms with Crippen molar-refractivity contribution in [2.24, 2.45) is 0 Å². The molecule has 1 fully saturated rings. The zero-order chi connectivity index (χ0) is 22.9. The third-order valence-corrected chi connectivity index (χ3v) is 6.27. The third-order valence-electron chi connectivity index (χ3n) is 6.27. The molecule has 0 radical (unpaired) electrons. The van der Waals surface area contributed by atoms with Crippen LogP contribution in [0.15, 0.2) is 41.0 Å². The fourth-order valence-electron chi connectivity index (χ4n) is 4.14. The van der Waals surface area contributed by atoms with Gasteiger partial charge in [-0.25, -0.2) is 0 Å². The van der Waals surface area contributed by atoms with E-state index >= 15 is 0 Å². The Morgan fingerprint density at radius 1 is 1.22 bits per heavy atom. The number of anilines is 1. The number of aryl methyl sites for hydroxylation is 1.